The van der Waals surface area contributed by atoms with Crippen LogP contribution in [0.3, 0.4) is 0 Å². The molecule has 2 rings (SSSR count). The number of aromatic nitrogens is 1. The largest absolute Gasteiger partial charge is 0.306 e. The lowest BCUT2D eigenvalue weighted by Crippen LogP contribution is -2.23. The number of hydrogen-bond acceptors (Lipinski definition) is 3. The van der Waals surface area contributed by atoms with E-state index in [4.69, 9.17) is 0 Å². The standard InChI is InChI=1S/C16H22N2S/c1-5-10-17-16(15-9-7-12(3)19-15)14-8-6-11(2)18-13(14)4/h6-9,16-17H,5,10H2,1-4H3. The van der Waals surface area contributed by atoms with E-state index in [2.05, 4.69) is 55.3 Å². The molecule has 0 aliphatic heterocycles. The van der Waals surface area contributed by atoms with E-state index in [0.717, 1.165) is 24.4 Å². The fraction of sp³-hybridized carbons (Fsp3) is 0.438. The van der Waals surface area contributed by atoms with Gasteiger partial charge in [0.05, 0.1) is 6.04 Å². The lowest BCUT2D eigenvalue weighted by molar-refractivity contribution is 0.601. The summed E-state index contributed by atoms with van der Waals surface area (Å²) in [6, 6.07) is 9.00. The van der Waals surface area contributed by atoms with Crippen LogP contribution in [0.2, 0.25) is 0 Å². The minimum absolute atomic E-state index is 0.270. The van der Waals surface area contributed by atoms with Crippen LogP contribution in [0, 0.1) is 20.8 Å². The van der Waals surface area contributed by atoms with Crippen molar-refractivity contribution in [3.63, 3.8) is 0 Å². The van der Waals surface area contributed by atoms with Crippen LogP contribution in [0.5, 0.6) is 0 Å². The Balaban J connectivity index is 2.36. The molecule has 2 heterocycles. The van der Waals surface area contributed by atoms with E-state index in [-0.39, 0.29) is 6.04 Å². The molecule has 2 aromatic heterocycles. The Bertz CT molecular complexity index is 545. The molecule has 0 aromatic carbocycles. The quantitative estimate of drug-likeness (QED) is 0.885. The highest BCUT2D eigenvalue weighted by molar-refractivity contribution is 7.12. The zero-order chi connectivity index (χ0) is 13.8. The second-order valence-corrected chi connectivity index (χ2v) is 6.28. The summed E-state index contributed by atoms with van der Waals surface area (Å²) in [6.07, 6.45) is 1.14. The van der Waals surface area contributed by atoms with Gasteiger partial charge in [0.25, 0.3) is 0 Å². The van der Waals surface area contributed by atoms with Crippen LogP contribution in [0.25, 0.3) is 0 Å². The van der Waals surface area contributed by atoms with Crippen LogP contribution in [0.1, 0.15) is 46.1 Å². The highest BCUT2D eigenvalue weighted by Gasteiger charge is 2.17. The predicted molar refractivity (Wildman–Crippen MR) is 82.9 cm³/mol. The maximum absolute atomic E-state index is 4.60. The second kappa shape index (κ2) is 6.31. The number of aryl methyl sites for hydroxylation is 3. The fourth-order valence-corrected chi connectivity index (χ4v) is 3.24. The molecule has 1 N–H and O–H groups in total. The molecule has 0 saturated heterocycles. The molecule has 2 aromatic rings. The van der Waals surface area contributed by atoms with Crippen molar-refractivity contribution < 1.29 is 0 Å². The molecule has 0 aliphatic carbocycles. The summed E-state index contributed by atoms with van der Waals surface area (Å²) in [4.78, 5) is 7.33. The van der Waals surface area contributed by atoms with Gasteiger partial charge in [-0.25, -0.2) is 0 Å². The maximum Gasteiger partial charge on any atom is 0.0688 e. The van der Waals surface area contributed by atoms with Crippen molar-refractivity contribution in [2.24, 2.45) is 0 Å². The van der Waals surface area contributed by atoms with Gasteiger partial charge in [0.15, 0.2) is 0 Å². The summed E-state index contributed by atoms with van der Waals surface area (Å²) in [6.45, 7) is 9.52. The van der Waals surface area contributed by atoms with Gasteiger partial charge in [-0.15, -0.1) is 11.3 Å². The van der Waals surface area contributed by atoms with Crippen molar-refractivity contribution in [3.05, 3.63) is 51.0 Å². The van der Waals surface area contributed by atoms with Gasteiger partial charge in [0.1, 0.15) is 0 Å². The van der Waals surface area contributed by atoms with Crippen molar-refractivity contribution in [1.29, 1.82) is 0 Å². The highest BCUT2D eigenvalue weighted by Crippen LogP contribution is 2.29. The monoisotopic (exact) mass is 274 g/mol. The third-order valence-electron chi connectivity index (χ3n) is 3.22. The number of thiophene rings is 1. The van der Waals surface area contributed by atoms with Crippen molar-refractivity contribution >= 4 is 11.3 Å². The van der Waals surface area contributed by atoms with Crippen LogP contribution in [-0.4, -0.2) is 11.5 Å². The molecular weight excluding hydrogens is 252 g/mol. The van der Waals surface area contributed by atoms with Crippen molar-refractivity contribution in [2.45, 2.75) is 40.2 Å². The molecule has 0 saturated carbocycles. The smallest absolute Gasteiger partial charge is 0.0688 e. The number of rotatable bonds is 5. The summed E-state index contributed by atoms with van der Waals surface area (Å²) in [5.74, 6) is 0. The average Bonchev–Trinajstić information content (AvgIpc) is 2.78. The summed E-state index contributed by atoms with van der Waals surface area (Å²) < 4.78 is 0. The Morgan fingerprint density at radius 1 is 1.16 bits per heavy atom. The lowest BCUT2D eigenvalue weighted by atomic mass is 10.0. The first-order chi connectivity index (χ1) is 9.11. The van der Waals surface area contributed by atoms with E-state index in [1.54, 1.807) is 0 Å². The molecule has 102 valence electrons. The fourth-order valence-electron chi connectivity index (χ4n) is 2.26. The lowest BCUT2D eigenvalue weighted by Gasteiger charge is -2.19. The first-order valence-electron chi connectivity index (χ1n) is 6.85. The first-order valence-corrected chi connectivity index (χ1v) is 7.67. The minimum Gasteiger partial charge on any atom is -0.306 e. The summed E-state index contributed by atoms with van der Waals surface area (Å²) in [5.41, 5.74) is 3.50. The summed E-state index contributed by atoms with van der Waals surface area (Å²) in [5, 5.41) is 3.65. The van der Waals surface area contributed by atoms with Gasteiger partial charge in [-0.1, -0.05) is 13.0 Å². The number of pyridine rings is 1. The van der Waals surface area contributed by atoms with Crippen LogP contribution in [-0.2, 0) is 0 Å². The SMILES string of the molecule is CCCNC(c1ccc(C)s1)c1ccc(C)nc1C. The summed E-state index contributed by atoms with van der Waals surface area (Å²) >= 11 is 1.86. The van der Waals surface area contributed by atoms with E-state index in [1.165, 1.54) is 15.3 Å². The number of hydrogen-bond donors (Lipinski definition) is 1. The van der Waals surface area contributed by atoms with Gasteiger partial charge < -0.3 is 5.32 Å². The van der Waals surface area contributed by atoms with Gasteiger partial charge in [0, 0.05) is 21.1 Å². The van der Waals surface area contributed by atoms with E-state index in [1.807, 2.05) is 18.3 Å². The average molecular weight is 274 g/mol. The Labute approximate surface area is 119 Å². The van der Waals surface area contributed by atoms with Gasteiger partial charge >= 0.3 is 0 Å². The number of nitrogens with one attached hydrogen (secondary N) is 1. The van der Waals surface area contributed by atoms with Crippen LogP contribution in [0.4, 0.5) is 0 Å². The maximum atomic E-state index is 4.60. The van der Waals surface area contributed by atoms with Crippen molar-refractivity contribution in [1.82, 2.24) is 10.3 Å². The van der Waals surface area contributed by atoms with E-state index in [0.29, 0.717) is 0 Å². The molecule has 0 bridgehead atoms. The molecule has 0 fully saturated rings. The van der Waals surface area contributed by atoms with Crippen LogP contribution < -0.4 is 5.32 Å². The third kappa shape index (κ3) is 3.43. The first kappa shape index (κ1) is 14.2. The van der Waals surface area contributed by atoms with E-state index >= 15 is 0 Å². The Morgan fingerprint density at radius 2 is 1.95 bits per heavy atom. The molecule has 0 aliphatic rings. The van der Waals surface area contributed by atoms with Gasteiger partial charge in [-0.3, -0.25) is 4.98 Å². The van der Waals surface area contributed by atoms with Gasteiger partial charge in [-0.2, -0.15) is 0 Å². The summed E-state index contributed by atoms with van der Waals surface area (Å²) in [7, 11) is 0. The third-order valence-corrected chi connectivity index (χ3v) is 4.29. The Hall–Kier alpha value is -1.19. The topological polar surface area (TPSA) is 24.9 Å². The number of nitrogens with zero attached hydrogens (tertiary/aromatic N) is 1. The highest BCUT2D eigenvalue weighted by atomic mass is 32.1. The van der Waals surface area contributed by atoms with Crippen LogP contribution >= 0.6 is 11.3 Å². The molecule has 0 spiro atoms. The molecular formula is C16H22N2S. The minimum atomic E-state index is 0.270. The van der Waals surface area contributed by atoms with Gasteiger partial charge in [-0.05, 0) is 57.5 Å². The Kier molecular flexibility index (Phi) is 4.72. The molecule has 19 heavy (non-hydrogen) atoms. The zero-order valence-electron chi connectivity index (χ0n) is 12.2. The second-order valence-electron chi connectivity index (χ2n) is 4.96. The molecule has 1 atom stereocenters. The Morgan fingerprint density at radius 3 is 2.53 bits per heavy atom. The zero-order valence-corrected chi connectivity index (χ0v) is 13.0. The van der Waals surface area contributed by atoms with Crippen molar-refractivity contribution in [2.75, 3.05) is 6.54 Å². The predicted octanol–water partition coefficient (Wildman–Crippen LogP) is 4.16. The van der Waals surface area contributed by atoms with E-state index in [9.17, 15) is 0 Å². The van der Waals surface area contributed by atoms with E-state index < -0.39 is 0 Å². The molecule has 1 unspecified atom stereocenters. The van der Waals surface area contributed by atoms with Crippen LogP contribution in [0.15, 0.2) is 24.3 Å². The van der Waals surface area contributed by atoms with Gasteiger partial charge in [0.2, 0.25) is 0 Å². The molecule has 3 heteroatoms. The molecule has 0 amide bonds. The molecule has 2 nitrogen and oxygen atoms in total. The normalized spacial score (nSPS) is 12.6. The molecule has 0 radical (unpaired) electrons. The van der Waals surface area contributed by atoms with Crippen molar-refractivity contribution in [3.8, 4) is 0 Å².